The lowest BCUT2D eigenvalue weighted by Crippen LogP contribution is -1.93. The molecule has 1 heterocycles. The molecule has 0 spiro atoms. The van der Waals surface area contributed by atoms with Gasteiger partial charge in [-0.3, -0.25) is 9.48 Å². The Kier molecular flexibility index (Phi) is 3.59. The molecule has 4 heteroatoms. The van der Waals surface area contributed by atoms with Crippen molar-refractivity contribution in [2.45, 2.75) is 6.92 Å². The number of aryl methyl sites for hydroxylation is 1. The van der Waals surface area contributed by atoms with Gasteiger partial charge in [-0.25, -0.2) is 0 Å². The van der Waals surface area contributed by atoms with E-state index in [0.717, 1.165) is 5.69 Å². The molecule has 0 fully saturated rings. The summed E-state index contributed by atoms with van der Waals surface area (Å²) >= 11 is 1.22. The molecule has 0 atom stereocenters. The number of carbonyl (C=O) groups excluding carboxylic acids is 1. The molecule has 0 amide bonds. The fourth-order valence-electron chi connectivity index (χ4n) is 0.761. The van der Waals surface area contributed by atoms with Crippen molar-refractivity contribution >= 4 is 16.9 Å². The maximum atomic E-state index is 10.5. The zero-order valence-corrected chi connectivity index (χ0v) is 8.39. The molecular formula is C9H10N2OS. The molecule has 0 radical (unpaired) electrons. The zero-order valence-electron chi connectivity index (χ0n) is 7.57. The van der Waals surface area contributed by atoms with E-state index in [4.69, 9.17) is 0 Å². The van der Waals surface area contributed by atoms with E-state index in [9.17, 15) is 4.79 Å². The summed E-state index contributed by atoms with van der Waals surface area (Å²) < 4.78 is 1.70. The van der Waals surface area contributed by atoms with E-state index in [-0.39, 0.29) is 5.12 Å². The Labute approximate surface area is 81.5 Å². The third-order valence-corrected chi connectivity index (χ3v) is 2.08. The van der Waals surface area contributed by atoms with Gasteiger partial charge in [0.25, 0.3) is 0 Å². The molecule has 0 saturated carbocycles. The second-order valence-corrected chi connectivity index (χ2v) is 3.57. The van der Waals surface area contributed by atoms with Crippen LogP contribution < -0.4 is 0 Å². The second-order valence-electron chi connectivity index (χ2n) is 2.42. The highest BCUT2D eigenvalue weighted by Crippen LogP contribution is 1.99. The zero-order chi connectivity index (χ0) is 9.68. The number of rotatable bonds is 1. The number of carbonyl (C=O) groups is 1. The van der Waals surface area contributed by atoms with Crippen molar-refractivity contribution in [2.75, 3.05) is 5.75 Å². The summed E-state index contributed by atoms with van der Waals surface area (Å²) in [6.45, 7) is 1.54. The summed E-state index contributed by atoms with van der Waals surface area (Å²) in [4.78, 5) is 10.5. The van der Waals surface area contributed by atoms with Gasteiger partial charge in [0.05, 0.1) is 11.9 Å². The minimum atomic E-state index is 0.0966. The van der Waals surface area contributed by atoms with Crippen molar-refractivity contribution in [1.29, 1.82) is 0 Å². The maximum Gasteiger partial charge on any atom is 0.186 e. The van der Waals surface area contributed by atoms with E-state index in [1.807, 2.05) is 13.1 Å². The molecule has 0 N–H and O–H groups in total. The highest BCUT2D eigenvalue weighted by Gasteiger charge is 1.91. The van der Waals surface area contributed by atoms with Crippen LogP contribution in [-0.4, -0.2) is 20.6 Å². The van der Waals surface area contributed by atoms with Crippen LogP contribution in [-0.2, 0) is 11.8 Å². The fourth-order valence-corrected chi connectivity index (χ4v) is 1.11. The predicted molar refractivity (Wildman–Crippen MR) is 53.2 cm³/mol. The van der Waals surface area contributed by atoms with Crippen molar-refractivity contribution in [3.8, 4) is 11.8 Å². The molecule has 0 aliphatic rings. The van der Waals surface area contributed by atoms with E-state index in [0.29, 0.717) is 5.75 Å². The van der Waals surface area contributed by atoms with Crippen molar-refractivity contribution in [2.24, 2.45) is 7.05 Å². The Bertz CT molecular complexity index is 359. The first-order chi connectivity index (χ1) is 6.20. The number of aromatic nitrogens is 2. The molecule has 3 nitrogen and oxygen atoms in total. The minimum Gasteiger partial charge on any atom is -0.288 e. The quantitative estimate of drug-likeness (QED) is 0.627. The summed E-state index contributed by atoms with van der Waals surface area (Å²) in [5, 5.41) is 4.07. The summed E-state index contributed by atoms with van der Waals surface area (Å²) in [5.41, 5.74) is 0.865. The second kappa shape index (κ2) is 4.73. The molecule has 13 heavy (non-hydrogen) atoms. The van der Waals surface area contributed by atoms with Crippen LogP contribution in [0.1, 0.15) is 12.6 Å². The number of hydrogen-bond donors (Lipinski definition) is 0. The lowest BCUT2D eigenvalue weighted by molar-refractivity contribution is -0.109. The third kappa shape index (κ3) is 3.34. The number of nitrogens with zero attached hydrogens (tertiary/aromatic N) is 2. The lowest BCUT2D eigenvalue weighted by atomic mass is 10.4. The van der Waals surface area contributed by atoms with Gasteiger partial charge < -0.3 is 0 Å². The SMILES string of the molecule is CC(=O)SCC#Cc1ccnn1C. The predicted octanol–water partition coefficient (Wildman–Crippen LogP) is 1.05. The van der Waals surface area contributed by atoms with Gasteiger partial charge in [-0.05, 0) is 12.0 Å². The van der Waals surface area contributed by atoms with Crippen molar-refractivity contribution in [3.05, 3.63) is 18.0 Å². The summed E-state index contributed by atoms with van der Waals surface area (Å²) in [6, 6.07) is 1.84. The molecule has 0 aliphatic carbocycles. The van der Waals surface area contributed by atoms with E-state index >= 15 is 0 Å². The topological polar surface area (TPSA) is 34.9 Å². The first-order valence-electron chi connectivity index (χ1n) is 3.80. The largest absolute Gasteiger partial charge is 0.288 e. The van der Waals surface area contributed by atoms with Gasteiger partial charge in [0.15, 0.2) is 5.12 Å². The standard InChI is InChI=1S/C9H10N2OS/c1-8(12)13-7-3-4-9-5-6-10-11(9)2/h5-6H,7H2,1-2H3. The van der Waals surface area contributed by atoms with Crippen LogP contribution in [0.3, 0.4) is 0 Å². The molecule has 1 rings (SSSR count). The van der Waals surface area contributed by atoms with Crippen LogP contribution in [0.25, 0.3) is 0 Å². The molecule has 68 valence electrons. The molecular weight excluding hydrogens is 184 g/mol. The summed E-state index contributed by atoms with van der Waals surface area (Å²) in [5.74, 6) is 6.36. The summed E-state index contributed by atoms with van der Waals surface area (Å²) in [7, 11) is 1.84. The average Bonchev–Trinajstić information content (AvgIpc) is 2.45. The first kappa shape index (κ1) is 9.87. The normalized spacial score (nSPS) is 9.08. The molecule has 1 aromatic heterocycles. The third-order valence-electron chi connectivity index (χ3n) is 1.38. The van der Waals surface area contributed by atoms with Crippen LogP contribution in [0, 0.1) is 11.8 Å². The number of hydrogen-bond acceptors (Lipinski definition) is 3. The van der Waals surface area contributed by atoms with Crippen LogP contribution >= 0.6 is 11.8 Å². The molecule has 0 aromatic carbocycles. The highest BCUT2D eigenvalue weighted by atomic mass is 32.2. The van der Waals surface area contributed by atoms with Gasteiger partial charge in [-0.2, -0.15) is 5.10 Å². The van der Waals surface area contributed by atoms with Gasteiger partial charge in [0, 0.05) is 14.0 Å². The fraction of sp³-hybridized carbons (Fsp3) is 0.333. The molecule has 0 aliphatic heterocycles. The monoisotopic (exact) mass is 194 g/mol. The molecule has 1 aromatic rings. The van der Waals surface area contributed by atoms with Gasteiger partial charge in [-0.15, -0.1) is 0 Å². The van der Waals surface area contributed by atoms with Gasteiger partial charge in [0.2, 0.25) is 0 Å². The lowest BCUT2D eigenvalue weighted by Gasteiger charge is -1.89. The Balaban J connectivity index is 2.49. The Hall–Kier alpha value is -1.21. The van der Waals surface area contributed by atoms with Crippen LogP contribution in [0.5, 0.6) is 0 Å². The Morgan fingerprint density at radius 1 is 1.77 bits per heavy atom. The first-order valence-corrected chi connectivity index (χ1v) is 4.79. The van der Waals surface area contributed by atoms with Gasteiger partial charge in [0.1, 0.15) is 5.69 Å². The van der Waals surface area contributed by atoms with E-state index < -0.39 is 0 Å². The van der Waals surface area contributed by atoms with Crippen molar-refractivity contribution in [1.82, 2.24) is 9.78 Å². The van der Waals surface area contributed by atoms with E-state index in [2.05, 4.69) is 16.9 Å². The molecule has 0 unspecified atom stereocenters. The van der Waals surface area contributed by atoms with Crippen LogP contribution in [0.15, 0.2) is 12.3 Å². The minimum absolute atomic E-state index is 0.0966. The van der Waals surface area contributed by atoms with Gasteiger partial charge >= 0.3 is 0 Å². The van der Waals surface area contributed by atoms with Crippen molar-refractivity contribution in [3.63, 3.8) is 0 Å². The summed E-state index contributed by atoms with van der Waals surface area (Å²) in [6.07, 6.45) is 1.70. The van der Waals surface area contributed by atoms with Gasteiger partial charge in [-0.1, -0.05) is 17.7 Å². The smallest absolute Gasteiger partial charge is 0.186 e. The Morgan fingerprint density at radius 2 is 2.54 bits per heavy atom. The number of thioether (sulfide) groups is 1. The average molecular weight is 194 g/mol. The van der Waals surface area contributed by atoms with Crippen LogP contribution in [0.2, 0.25) is 0 Å². The molecule has 0 bridgehead atoms. The van der Waals surface area contributed by atoms with Crippen molar-refractivity contribution < 1.29 is 4.79 Å². The Morgan fingerprint density at radius 3 is 3.08 bits per heavy atom. The van der Waals surface area contributed by atoms with E-state index in [1.54, 1.807) is 10.9 Å². The van der Waals surface area contributed by atoms with Crippen LogP contribution in [0.4, 0.5) is 0 Å². The maximum absolute atomic E-state index is 10.5. The molecule has 0 saturated heterocycles. The highest BCUT2D eigenvalue weighted by molar-refractivity contribution is 8.13. The van der Waals surface area contributed by atoms with E-state index in [1.165, 1.54) is 18.7 Å².